The zero-order valence-corrected chi connectivity index (χ0v) is 16.4. The second-order valence-electron chi connectivity index (χ2n) is 7.37. The van der Waals surface area contributed by atoms with E-state index in [1.807, 2.05) is 31.2 Å². The Hall–Kier alpha value is -2.08. The Balaban J connectivity index is 1.66. The normalized spacial score (nSPS) is 23.0. The van der Waals surface area contributed by atoms with E-state index in [1.165, 1.54) is 25.9 Å². The largest absolute Gasteiger partial charge is 0.496 e. The number of nitrogens with zero attached hydrogens (tertiary/aromatic N) is 2. The third kappa shape index (κ3) is 4.43. The Morgan fingerprint density at radius 2 is 2.00 bits per heavy atom. The van der Waals surface area contributed by atoms with E-state index < -0.39 is 0 Å². The van der Waals surface area contributed by atoms with Gasteiger partial charge in [-0.1, -0.05) is 18.2 Å². The second-order valence-corrected chi connectivity index (χ2v) is 7.37. The quantitative estimate of drug-likeness (QED) is 0.710. The SMILES string of the molecule is CCN1C(=O)C[C@@H](C(=O)NCCCN2CCCC2)[C@@H]1c1ccccc1OC. The number of hydrogen-bond donors (Lipinski definition) is 1. The molecule has 0 bridgehead atoms. The van der Waals surface area contributed by atoms with E-state index in [2.05, 4.69) is 10.2 Å². The lowest BCUT2D eigenvalue weighted by Crippen LogP contribution is -2.37. The summed E-state index contributed by atoms with van der Waals surface area (Å²) in [7, 11) is 1.62. The first kappa shape index (κ1) is 19.7. The molecule has 3 rings (SSSR count). The second kappa shape index (κ2) is 9.22. The van der Waals surface area contributed by atoms with Gasteiger partial charge in [-0.25, -0.2) is 0 Å². The van der Waals surface area contributed by atoms with Crippen molar-refractivity contribution in [2.45, 2.75) is 38.6 Å². The van der Waals surface area contributed by atoms with Crippen LogP contribution in [0.2, 0.25) is 0 Å². The molecule has 6 nitrogen and oxygen atoms in total. The Bertz CT molecular complexity index is 658. The predicted octanol–water partition coefficient (Wildman–Crippen LogP) is 2.21. The van der Waals surface area contributed by atoms with Crippen LogP contribution in [0.4, 0.5) is 0 Å². The number of nitrogens with one attached hydrogen (secondary N) is 1. The minimum absolute atomic E-state index is 0.0309. The molecule has 0 aliphatic carbocycles. The van der Waals surface area contributed by atoms with Crippen LogP contribution in [0.1, 0.15) is 44.2 Å². The van der Waals surface area contributed by atoms with Gasteiger partial charge in [0.2, 0.25) is 11.8 Å². The average Bonchev–Trinajstić information content (AvgIpc) is 3.32. The molecular formula is C21H31N3O3. The number of para-hydroxylation sites is 1. The van der Waals surface area contributed by atoms with Crippen LogP contribution < -0.4 is 10.1 Å². The molecule has 2 saturated heterocycles. The Morgan fingerprint density at radius 1 is 1.26 bits per heavy atom. The molecule has 1 N–H and O–H groups in total. The van der Waals surface area contributed by atoms with Crippen molar-refractivity contribution < 1.29 is 14.3 Å². The molecular weight excluding hydrogens is 342 g/mol. The lowest BCUT2D eigenvalue weighted by atomic mass is 9.92. The summed E-state index contributed by atoms with van der Waals surface area (Å²) in [6.45, 7) is 6.57. The van der Waals surface area contributed by atoms with E-state index in [0.717, 1.165) is 24.3 Å². The van der Waals surface area contributed by atoms with Crippen LogP contribution in [0.25, 0.3) is 0 Å². The van der Waals surface area contributed by atoms with Crippen molar-refractivity contribution in [3.05, 3.63) is 29.8 Å². The van der Waals surface area contributed by atoms with Crippen molar-refractivity contribution in [1.29, 1.82) is 0 Å². The molecule has 1 aromatic carbocycles. The number of hydrogen-bond acceptors (Lipinski definition) is 4. The molecule has 6 heteroatoms. The van der Waals surface area contributed by atoms with E-state index in [9.17, 15) is 9.59 Å². The van der Waals surface area contributed by atoms with Crippen molar-refractivity contribution in [3.63, 3.8) is 0 Å². The number of rotatable bonds is 8. The minimum atomic E-state index is -0.375. The van der Waals surface area contributed by atoms with Gasteiger partial charge in [0, 0.05) is 25.1 Å². The van der Waals surface area contributed by atoms with Crippen LogP contribution in [0.3, 0.4) is 0 Å². The van der Waals surface area contributed by atoms with E-state index in [-0.39, 0.29) is 30.2 Å². The molecule has 2 amide bonds. The van der Waals surface area contributed by atoms with Gasteiger partial charge in [0.05, 0.1) is 19.1 Å². The lowest BCUT2D eigenvalue weighted by molar-refractivity contribution is -0.129. The smallest absolute Gasteiger partial charge is 0.226 e. The van der Waals surface area contributed by atoms with E-state index in [4.69, 9.17) is 4.74 Å². The number of carbonyl (C=O) groups is 2. The van der Waals surface area contributed by atoms with Gasteiger partial charge in [-0.3, -0.25) is 9.59 Å². The average molecular weight is 373 g/mol. The van der Waals surface area contributed by atoms with Crippen LogP contribution >= 0.6 is 0 Å². The maximum atomic E-state index is 12.9. The highest BCUT2D eigenvalue weighted by atomic mass is 16.5. The molecule has 2 heterocycles. The molecule has 2 fully saturated rings. The summed E-state index contributed by atoms with van der Waals surface area (Å²) in [5.41, 5.74) is 0.907. The van der Waals surface area contributed by atoms with Crippen LogP contribution in [0.5, 0.6) is 5.75 Å². The van der Waals surface area contributed by atoms with Crippen molar-refractivity contribution in [1.82, 2.24) is 15.1 Å². The van der Waals surface area contributed by atoms with Gasteiger partial charge in [0.25, 0.3) is 0 Å². The fourth-order valence-corrected chi connectivity index (χ4v) is 4.35. The summed E-state index contributed by atoms with van der Waals surface area (Å²) in [4.78, 5) is 29.6. The van der Waals surface area contributed by atoms with E-state index in [1.54, 1.807) is 12.0 Å². The first-order valence-electron chi connectivity index (χ1n) is 10.1. The summed E-state index contributed by atoms with van der Waals surface area (Å²) in [6, 6.07) is 7.41. The van der Waals surface area contributed by atoms with E-state index >= 15 is 0 Å². The fourth-order valence-electron chi connectivity index (χ4n) is 4.35. The van der Waals surface area contributed by atoms with Crippen LogP contribution in [-0.2, 0) is 9.59 Å². The number of carbonyl (C=O) groups excluding carboxylic acids is 2. The molecule has 0 aromatic heterocycles. The van der Waals surface area contributed by atoms with E-state index in [0.29, 0.717) is 13.1 Å². The maximum absolute atomic E-state index is 12.9. The standard InChI is InChI=1S/C21H31N3O3/c1-3-24-19(25)15-17(20(24)16-9-4-5-10-18(16)27-2)21(26)22-11-8-14-23-12-6-7-13-23/h4-5,9-10,17,20H,3,6-8,11-15H2,1-2H3,(H,22,26)/t17-,20+/m1/s1. The van der Waals surface area contributed by atoms with Gasteiger partial charge in [0.1, 0.15) is 5.75 Å². The monoisotopic (exact) mass is 373 g/mol. The minimum Gasteiger partial charge on any atom is -0.496 e. The highest BCUT2D eigenvalue weighted by molar-refractivity contribution is 5.90. The summed E-state index contributed by atoms with van der Waals surface area (Å²) < 4.78 is 5.49. The molecule has 2 atom stereocenters. The zero-order valence-electron chi connectivity index (χ0n) is 16.4. The molecule has 148 valence electrons. The Labute approximate surface area is 161 Å². The summed E-state index contributed by atoms with van der Waals surface area (Å²) >= 11 is 0. The summed E-state index contributed by atoms with van der Waals surface area (Å²) in [5, 5.41) is 3.07. The topological polar surface area (TPSA) is 61.9 Å². The number of ether oxygens (including phenoxy) is 1. The highest BCUT2D eigenvalue weighted by Crippen LogP contribution is 2.41. The molecule has 0 spiro atoms. The Morgan fingerprint density at radius 3 is 2.70 bits per heavy atom. The van der Waals surface area contributed by atoms with Crippen LogP contribution in [0.15, 0.2) is 24.3 Å². The van der Waals surface area contributed by atoms with Crippen molar-refractivity contribution >= 4 is 11.8 Å². The van der Waals surface area contributed by atoms with Crippen LogP contribution in [-0.4, -0.2) is 61.4 Å². The number of likely N-dealkylation sites (tertiary alicyclic amines) is 2. The molecule has 0 unspecified atom stereocenters. The van der Waals surface area contributed by atoms with Crippen molar-refractivity contribution in [3.8, 4) is 5.75 Å². The fraction of sp³-hybridized carbons (Fsp3) is 0.619. The maximum Gasteiger partial charge on any atom is 0.226 e. The molecule has 0 saturated carbocycles. The first-order valence-corrected chi connectivity index (χ1v) is 10.1. The van der Waals surface area contributed by atoms with Gasteiger partial charge in [-0.2, -0.15) is 0 Å². The van der Waals surface area contributed by atoms with Crippen LogP contribution in [0, 0.1) is 5.92 Å². The summed E-state index contributed by atoms with van der Waals surface area (Å²) in [5.74, 6) is 0.352. The third-order valence-corrected chi connectivity index (χ3v) is 5.72. The predicted molar refractivity (Wildman–Crippen MR) is 105 cm³/mol. The van der Waals surface area contributed by atoms with Gasteiger partial charge in [-0.05, 0) is 51.9 Å². The Kier molecular flexibility index (Phi) is 6.72. The van der Waals surface area contributed by atoms with Gasteiger partial charge in [0.15, 0.2) is 0 Å². The number of amides is 2. The highest BCUT2D eigenvalue weighted by Gasteiger charge is 2.44. The number of methoxy groups -OCH3 is 1. The van der Waals surface area contributed by atoms with Crippen molar-refractivity contribution in [2.24, 2.45) is 5.92 Å². The molecule has 1 aromatic rings. The number of benzene rings is 1. The summed E-state index contributed by atoms with van der Waals surface area (Å²) in [6.07, 6.45) is 3.77. The zero-order chi connectivity index (χ0) is 19.2. The molecule has 27 heavy (non-hydrogen) atoms. The van der Waals surface area contributed by atoms with Gasteiger partial charge >= 0.3 is 0 Å². The van der Waals surface area contributed by atoms with Crippen molar-refractivity contribution in [2.75, 3.05) is 39.8 Å². The molecule has 0 radical (unpaired) electrons. The molecule has 2 aliphatic heterocycles. The lowest BCUT2D eigenvalue weighted by Gasteiger charge is -2.28. The van der Waals surface area contributed by atoms with Gasteiger partial charge in [-0.15, -0.1) is 0 Å². The van der Waals surface area contributed by atoms with Gasteiger partial charge < -0.3 is 19.9 Å². The molecule has 2 aliphatic rings. The first-order chi connectivity index (χ1) is 13.2. The third-order valence-electron chi connectivity index (χ3n) is 5.72.